The maximum absolute atomic E-state index is 6.00. The van der Waals surface area contributed by atoms with Gasteiger partial charge in [0.05, 0.1) is 6.20 Å². The molecule has 6 heteroatoms. The Hall–Kier alpha value is -2.44. The van der Waals surface area contributed by atoms with Gasteiger partial charge in [0.25, 0.3) is 0 Å². The van der Waals surface area contributed by atoms with Gasteiger partial charge in [0.1, 0.15) is 11.9 Å². The monoisotopic (exact) mass is 323 g/mol. The molecule has 1 N–H and O–H groups in total. The van der Waals surface area contributed by atoms with Crippen LogP contribution in [0, 0.1) is 0 Å². The van der Waals surface area contributed by atoms with Crippen LogP contribution in [0.4, 0.5) is 0 Å². The zero-order chi connectivity index (χ0) is 16.4. The fourth-order valence-corrected chi connectivity index (χ4v) is 3.20. The number of hydrogen-bond acceptors (Lipinski definition) is 4. The summed E-state index contributed by atoms with van der Waals surface area (Å²) in [7, 11) is 1.93. The fraction of sp³-hybridized carbons (Fsp3) is 0.333. The molecule has 2 aromatic heterocycles. The third-order valence-electron chi connectivity index (χ3n) is 4.38. The SMILES string of the molecule is Cn1cc(CN[C@H]2CCO[C@@H]2c2nccn2-c2ccccc2)cn1. The predicted molar refractivity (Wildman–Crippen MR) is 90.7 cm³/mol. The molecule has 0 bridgehead atoms. The van der Waals surface area contributed by atoms with Gasteiger partial charge < -0.3 is 14.6 Å². The number of hydrogen-bond donors (Lipinski definition) is 1. The summed E-state index contributed by atoms with van der Waals surface area (Å²) in [6.45, 7) is 1.53. The third kappa shape index (κ3) is 2.98. The first-order chi connectivity index (χ1) is 11.8. The Bertz CT molecular complexity index is 795. The summed E-state index contributed by atoms with van der Waals surface area (Å²) in [5.74, 6) is 0.947. The van der Waals surface area contributed by atoms with E-state index in [4.69, 9.17) is 4.74 Å². The highest BCUT2D eigenvalue weighted by molar-refractivity contribution is 5.33. The van der Waals surface area contributed by atoms with Crippen LogP contribution < -0.4 is 5.32 Å². The van der Waals surface area contributed by atoms with E-state index in [-0.39, 0.29) is 12.1 Å². The molecule has 4 rings (SSSR count). The van der Waals surface area contributed by atoms with Gasteiger partial charge in [0, 0.05) is 56.1 Å². The Balaban J connectivity index is 1.52. The molecule has 0 unspecified atom stereocenters. The number of imidazole rings is 1. The minimum atomic E-state index is -0.0446. The quantitative estimate of drug-likeness (QED) is 0.782. The van der Waals surface area contributed by atoms with E-state index in [2.05, 4.69) is 32.1 Å². The number of nitrogens with zero attached hydrogens (tertiary/aromatic N) is 4. The second-order valence-electron chi connectivity index (χ2n) is 6.08. The van der Waals surface area contributed by atoms with Crippen LogP contribution in [0.3, 0.4) is 0 Å². The normalized spacial score (nSPS) is 20.5. The van der Waals surface area contributed by atoms with Crippen LogP contribution in [-0.4, -0.2) is 32.0 Å². The van der Waals surface area contributed by atoms with Crippen LogP contribution in [0.25, 0.3) is 5.69 Å². The van der Waals surface area contributed by atoms with E-state index in [9.17, 15) is 0 Å². The molecule has 2 atom stereocenters. The number of para-hydroxylation sites is 1. The molecule has 1 fully saturated rings. The molecule has 0 radical (unpaired) electrons. The maximum atomic E-state index is 6.00. The van der Waals surface area contributed by atoms with Gasteiger partial charge in [-0.2, -0.15) is 5.10 Å². The third-order valence-corrected chi connectivity index (χ3v) is 4.38. The summed E-state index contributed by atoms with van der Waals surface area (Å²) in [5, 5.41) is 7.81. The summed E-state index contributed by atoms with van der Waals surface area (Å²) in [6.07, 6.45) is 8.68. The van der Waals surface area contributed by atoms with Crippen molar-refractivity contribution in [3.63, 3.8) is 0 Å². The maximum Gasteiger partial charge on any atom is 0.144 e. The van der Waals surface area contributed by atoms with Gasteiger partial charge in [-0.25, -0.2) is 4.98 Å². The van der Waals surface area contributed by atoms with Crippen molar-refractivity contribution < 1.29 is 4.74 Å². The Morgan fingerprint density at radius 1 is 1.29 bits per heavy atom. The van der Waals surface area contributed by atoms with Gasteiger partial charge in [0.15, 0.2) is 0 Å². The van der Waals surface area contributed by atoms with Crippen molar-refractivity contribution >= 4 is 0 Å². The van der Waals surface area contributed by atoms with Crippen molar-refractivity contribution in [2.75, 3.05) is 6.61 Å². The highest BCUT2D eigenvalue weighted by atomic mass is 16.5. The molecule has 3 aromatic rings. The Morgan fingerprint density at radius 3 is 2.96 bits per heavy atom. The molecule has 24 heavy (non-hydrogen) atoms. The molecular weight excluding hydrogens is 302 g/mol. The van der Waals surface area contributed by atoms with Crippen LogP contribution in [0.15, 0.2) is 55.1 Å². The molecule has 6 nitrogen and oxygen atoms in total. The van der Waals surface area contributed by atoms with E-state index in [1.54, 1.807) is 0 Å². The second-order valence-corrected chi connectivity index (χ2v) is 6.08. The number of aromatic nitrogens is 4. The van der Waals surface area contributed by atoms with Crippen molar-refractivity contribution in [3.05, 3.63) is 66.5 Å². The molecular formula is C18H21N5O. The van der Waals surface area contributed by atoms with E-state index in [1.807, 2.05) is 54.7 Å². The smallest absolute Gasteiger partial charge is 0.144 e. The molecule has 0 amide bonds. The summed E-state index contributed by atoms with van der Waals surface area (Å²) < 4.78 is 9.93. The first kappa shape index (κ1) is 15.1. The molecule has 1 aliphatic heterocycles. The fourth-order valence-electron chi connectivity index (χ4n) is 3.20. The van der Waals surface area contributed by atoms with Crippen molar-refractivity contribution in [3.8, 4) is 5.69 Å². The molecule has 0 aliphatic carbocycles. The molecule has 3 heterocycles. The van der Waals surface area contributed by atoms with E-state index in [1.165, 1.54) is 5.56 Å². The van der Waals surface area contributed by atoms with Gasteiger partial charge in [0.2, 0.25) is 0 Å². The zero-order valence-electron chi connectivity index (χ0n) is 13.7. The average molecular weight is 323 g/mol. The highest BCUT2D eigenvalue weighted by Crippen LogP contribution is 2.29. The lowest BCUT2D eigenvalue weighted by Gasteiger charge is -2.20. The zero-order valence-corrected chi connectivity index (χ0v) is 13.7. The van der Waals surface area contributed by atoms with Crippen LogP contribution in [0.5, 0.6) is 0 Å². The van der Waals surface area contributed by atoms with Crippen molar-refractivity contribution in [2.45, 2.75) is 25.1 Å². The second kappa shape index (κ2) is 6.59. The van der Waals surface area contributed by atoms with Gasteiger partial charge in [-0.05, 0) is 18.6 Å². The number of aryl methyl sites for hydroxylation is 1. The molecule has 0 spiro atoms. The molecule has 1 aromatic carbocycles. The van der Waals surface area contributed by atoms with E-state index in [0.29, 0.717) is 0 Å². The van der Waals surface area contributed by atoms with Crippen molar-refractivity contribution in [2.24, 2.45) is 7.05 Å². The lowest BCUT2D eigenvalue weighted by atomic mass is 10.1. The Morgan fingerprint density at radius 2 is 2.17 bits per heavy atom. The Kier molecular flexibility index (Phi) is 4.15. The lowest BCUT2D eigenvalue weighted by Crippen LogP contribution is -2.32. The van der Waals surface area contributed by atoms with Gasteiger partial charge in [-0.15, -0.1) is 0 Å². The van der Waals surface area contributed by atoms with Crippen LogP contribution in [0.1, 0.15) is 23.9 Å². The molecule has 1 aliphatic rings. The number of nitrogens with one attached hydrogen (secondary N) is 1. The minimum absolute atomic E-state index is 0.0446. The predicted octanol–water partition coefficient (Wildman–Crippen LogP) is 2.23. The van der Waals surface area contributed by atoms with Gasteiger partial charge in [-0.1, -0.05) is 18.2 Å². The largest absolute Gasteiger partial charge is 0.369 e. The van der Waals surface area contributed by atoms with E-state index in [0.717, 1.165) is 31.1 Å². The van der Waals surface area contributed by atoms with Crippen LogP contribution in [-0.2, 0) is 18.3 Å². The summed E-state index contributed by atoms with van der Waals surface area (Å²) >= 11 is 0. The van der Waals surface area contributed by atoms with Crippen molar-refractivity contribution in [1.82, 2.24) is 24.6 Å². The highest BCUT2D eigenvalue weighted by Gasteiger charge is 2.32. The van der Waals surface area contributed by atoms with E-state index >= 15 is 0 Å². The van der Waals surface area contributed by atoms with Crippen molar-refractivity contribution in [1.29, 1.82) is 0 Å². The molecule has 1 saturated heterocycles. The Labute approximate surface area is 141 Å². The molecule has 0 saturated carbocycles. The van der Waals surface area contributed by atoms with E-state index < -0.39 is 0 Å². The first-order valence-corrected chi connectivity index (χ1v) is 8.22. The standard InChI is InChI=1S/C18H21N5O/c1-22-13-14(12-21-22)11-20-16-7-10-24-17(16)18-19-8-9-23(18)15-5-3-2-4-6-15/h2-6,8-9,12-13,16-17,20H,7,10-11H2,1H3/t16-,17-/m0/s1. The average Bonchev–Trinajstić information content (AvgIpc) is 3.33. The number of benzene rings is 1. The summed E-state index contributed by atoms with van der Waals surface area (Å²) in [5.41, 5.74) is 2.28. The first-order valence-electron chi connectivity index (χ1n) is 8.22. The summed E-state index contributed by atoms with van der Waals surface area (Å²) in [4.78, 5) is 4.57. The van der Waals surface area contributed by atoms with Crippen LogP contribution >= 0.6 is 0 Å². The minimum Gasteiger partial charge on any atom is -0.369 e. The summed E-state index contributed by atoms with van der Waals surface area (Å²) in [6, 6.07) is 10.5. The van der Waals surface area contributed by atoms with Gasteiger partial charge >= 0.3 is 0 Å². The van der Waals surface area contributed by atoms with Crippen LogP contribution in [0.2, 0.25) is 0 Å². The van der Waals surface area contributed by atoms with Gasteiger partial charge in [-0.3, -0.25) is 4.68 Å². The molecule has 124 valence electrons. The number of rotatable bonds is 5. The topological polar surface area (TPSA) is 56.9 Å². The lowest BCUT2D eigenvalue weighted by molar-refractivity contribution is 0.0903. The number of ether oxygens (including phenoxy) is 1.